The number of carbonyl (C=O) groups excluding carboxylic acids is 2. The molecular weight excluding hydrogens is 470 g/mol. The Morgan fingerprint density at radius 1 is 1.03 bits per heavy atom. The maximum atomic E-state index is 13.0. The third-order valence-corrected chi connectivity index (χ3v) is 7.10. The largest absolute Gasteiger partial charge is 0.493 e. The number of rotatable bonds is 11. The van der Waals surface area contributed by atoms with E-state index in [1.807, 2.05) is 23.9 Å². The van der Waals surface area contributed by atoms with E-state index in [4.69, 9.17) is 8.92 Å². The second-order valence-corrected chi connectivity index (χ2v) is 10.5. The predicted octanol–water partition coefficient (Wildman–Crippen LogP) is 3.11. The molecule has 0 aliphatic heterocycles. The van der Waals surface area contributed by atoms with Crippen molar-refractivity contribution in [2.45, 2.75) is 37.6 Å². The van der Waals surface area contributed by atoms with Crippen LogP contribution >= 0.6 is 0 Å². The Balaban J connectivity index is 1.81. The fourth-order valence-corrected chi connectivity index (χ4v) is 4.61. The zero-order chi connectivity index (χ0) is 25.6. The molecular formula is C25H33N3O6S. The number of ether oxygens (including phenoxy) is 1. The first-order valence-electron chi connectivity index (χ1n) is 11.5. The molecule has 0 radical (unpaired) electrons. The first-order valence-corrected chi connectivity index (χ1v) is 12.9. The van der Waals surface area contributed by atoms with Crippen molar-refractivity contribution in [1.82, 2.24) is 9.80 Å². The monoisotopic (exact) mass is 503 g/mol. The molecule has 0 aromatic heterocycles. The molecule has 1 fully saturated rings. The molecule has 0 bridgehead atoms. The third-order valence-electron chi connectivity index (χ3n) is 5.85. The maximum Gasteiger partial charge on any atom is 0.339 e. The molecule has 2 aromatic rings. The molecule has 2 aromatic carbocycles. The number of nitrogens with one attached hydrogen (secondary N) is 1. The molecule has 0 unspecified atom stereocenters. The van der Waals surface area contributed by atoms with Crippen LogP contribution in [0.2, 0.25) is 0 Å². The van der Waals surface area contributed by atoms with E-state index in [9.17, 15) is 18.0 Å². The number of hydrogen-bond acceptors (Lipinski definition) is 7. The van der Waals surface area contributed by atoms with Gasteiger partial charge in [-0.15, -0.1) is 0 Å². The Morgan fingerprint density at radius 3 is 2.26 bits per heavy atom. The van der Waals surface area contributed by atoms with Crippen molar-refractivity contribution in [1.29, 1.82) is 0 Å². The lowest BCUT2D eigenvalue weighted by Gasteiger charge is -2.32. The molecule has 0 spiro atoms. The van der Waals surface area contributed by atoms with Crippen molar-refractivity contribution in [3.8, 4) is 11.5 Å². The van der Waals surface area contributed by atoms with Gasteiger partial charge in [0.1, 0.15) is 4.90 Å². The SMILES string of the molecule is COc1ccc(CN(CCN(C)C)C(=O)C2CCC2)cc1OS(=O)(=O)c1ccc(NC(C)=O)cc1. The van der Waals surface area contributed by atoms with E-state index in [0.29, 0.717) is 18.8 Å². The van der Waals surface area contributed by atoms with Gasteiger partial charge in [-0.25, -0.2) is 0 Å². The lowest BCUT2D eigenvalue weighted by atomic mass is 9.84. The molecule has 1 aliphatic carbocycles. The molecule has 3 rings (SSSR count). The van der Waals surface area contributed by atoms with Crippen LogP contribution in [0.4, 0.5) is 5.69 Å². The summed E-state index contributed by atoms with van der Waals surface area (Å²) in [6.45, 7) is 3.01. The van der Waals surface area contributed by atoms with E-state index in [2.05, 4.69) is 5.32 Å². The van der Waals surface area contributed by atoms with Crippen LogP contribution in [-0.2, 0) is 26.3 Å². The number of carbonyl (C=O) groups is 2. The average molecular weight is 504 g/mol. The molecule has 0 heterocycles. The van der Waals surface area contributed by atoms with Crippen molar-refractivity contribution in [2.24, 2.45) is 5.92 Å². The van der Waals surface area contributed by atoms with Crippen LogP contribution < -0.4 is 14.2 Å². The van der Waals surface area contributed by atoms with Crippen LogP contribution in [0, 0.1) is 5.92 Å². The Kier molecular flexibility index (Phi) is 8.74. The fraction of sp³-hybridized carbons (Fsp3) is 0.440. The van der Waals surface area contributed by atoms with Gasteiger partial charge in [-0.05, 0) is 68.9 Å². The lowest BCUT2D eigenvalue weighted by Crippen LogP contribution is -2.41. The minimum Gasteiger partial charge on any atom is -0.493 e. The minimum absolute atomic E-state index is 0.0413. The van der Waals surface area contributed by atoms with Crippen LogP contribution in [0.5, 0.6) is 11.5 Å². The fourth-order valence-electron chi connectivity index (χ4n) is 3.68. The molecule has 0 atom stereocenters. The molecule has 1 N–H and O–H groups in total. The average Bonchev–Trinajstić information content (AvgIpc) is 2.75. The van der Waals surface area contributed by atoms with Crippen molar-refractivity contribution >= 4 is 27.6 Å². The highest BCUT2D eigenvalue weighted by Gasteiger charge is 2.29. The third kappa shape index (κ3) is 7.19. The highest BCUT2D eigenvalue weighted by atomic mass is 32.2. The number of benzene rings is 2. The lowest BCUT2D eigenvalue weighted by molar-refractivity contribution is -0.139. The summed E-state index contributed by atoms with van der Waals surface area (Å²) in [5.74, 6) is 0.237. The molecule has 10 heteroatoms. The summed E-state index contributed by atoms with van der Waals surface area (Å²) in [5, 5.41) is 2.59. The molecule has 190 valence electrons. The van der Waals surface area contributed by atoms with Crippen molar-refractivity contribution in [3.05, 3.63) is 48.0 Å². The van der Waals surface area contributed by atoms with Crippen molar-refractivity contribution < 1.29 is 26.9 Å². The number of likely N-dealkylation sites (N-methyl/N-ethyl adjacent to an activating group) is 1. The van der Waals surface area contributed by atoms with Gasteiger partial charge in [-0.2, -0.15) is 8.42 Å². The van der Waals surface area contributed by atoms with Gasteiger partial charge in [0.05, 0.1) is 7.11 Å². The highest BCUT2D eigenvalue weighted by Crippen LogP contribution is 2.33. The number of nitrogens with zero attached hydrogens (tertiary/aromatic N) is 2. The highest BCUT2D eigenvalue weighted by molar-refractivity contribution is 7.87. The summed E-state index contributed by atoms with van der Waals surface area (Å²) in [4.78, 5) is 28.0. The second kappa shape index (κ2) is 11.5. The Hall–Kier alpha value is -3.11. The molecule has 9 nitrogen and oxygen atoms in total. The van der Waals surface area contributed by atoms with Crippen LogP contribution in [0.15, 0.2) is 47.4 Å². The summed E-state index contributed by atoms with van der Waals surface area (Å²) in [7, 11) is 1.18. The van der Waals surface area contributed by atoms with Gasteiger partial charge in [0.25, 0.3) is 0 Å². The van der Waals surface area contributed by atoms with E-state index in [-0.39, 0.29) is 34.1 Å². The Bertz CT molecular complexity index is 1140. The second-order valence-electron chi connectivity index (χ2n) is 8.92. The van der Waals surface area contributed by atoms with Crippen LogP contribution in [0.3, 0.4) is 0 Å². The Labute approximate surface area is 207 Å². The standard InChI is InChI=1S/C25H33N3O6S/c1-18(29)26-21-9-11-22(12-10-21)35(31,32)34-24-16-19(8-13-23(24)33-4)17-28(15-14-27(2)3)25(30)20-6-5-7-20/h8-13,16,20H,5-7,14-15,17H2,1-4H3,(H,26,29). The van der Waals surface area contributed by atoms with Gasteiger partial charge >= 0.3 is 10.1 Å². The van der Waals surface area contributed by atoms with Crippen LogP contribution in [0.25, 0.3) is 0 Å². The normalized spacial score (nSPS) is 13.7. The number of methoxy groups -OCH3 is 1. The van der Waals surface area contributed by atoms with E-state index < -0.39 is 10.1 Å². The molecule has 0 saturated heterocycles. The molecule has 35 heavy (non-hydrogen) atoms. The summed E-state index contributed by atoms with van der Waals surface area (Å²) in [5.41, 5.74) is 1.22. The molecule has 2 amide bonds. The number of hydrogen-bond donors (Lipinski definition) is 1. The van der Waals surface area contributed by atoms with E-state index >= 15 is 0 Å². The van der Waals surface area contributed by atoms with Crippen LogP contribution in [-0.4, -0.2) is 64.3 Å². The number of anilines is 1. The van der Waals surface area contributed by atoms with E-state index in [1.54, 1.807) is 18.2 Å². The Morgan fingerprint density at radius 2 is 1.71 bits per heavy atom. The van der Waals surface area contributed by atoms with E-state index in [0.717, 1.165) is 31.4 Å². The quantitative estimate of drug-likeness (QED) is 0.470. The topological polar surface area (TPSA) is 105 Å². The zero-order valence-corrected chi connectivity index (χ0v) is 21.4. The first-order chi connectivity index (χ1) is 16.6. The van der Waals surface area contributed by atoms with Gasteiger partial charge in [0.15, 0.2) is 11.5 Å². The summed E-state index contributed by atoms with van der Waals surface area (Å²) in [6, 6.07) is 10.7. The van der Waals surface area contributed by atoms with Crippen molar-refractivity contribution in [2.75, 3.05) is 39.6 Å². The zero-order valence-electron chi connectivity index (χ0n) is 20.6. The molecule has 1 aliphatic rings. The van der Waals surface area contributed by atoms with Crippen molar-refractivity contribution in [3.63, 3.8) is 0 Å². The van der Waals surface area contributed by atoms with Gasteiger partial charge in [-0.1, -0.05) is 12.5 Å². The van der Waals surface area contributed by atoms with E-state index in [1.165, 1.54) is 38.3 Å². The smallest absolute Gasteiger partial charge is 0.339 e. The summed E-state index contributed by atoms with van der Waals surface area (Å²) >= 11 is 0. The van der Waals surface area contributed by atoms with Gasteiger partial charge in [0, 0.05) is 38.2 Å². The van der Waals surface area contributed by atoms with Gasteiger partial charge in [-0.3, -0.25) is 9.59 Å². The maximum absolute atomic E-state index is 13.0. The van der Waals surface area contributed by atoms with Gasteiger partial charge in [0.2, 0.25) is 11.8 Å². The number of amides is 2. The van der Waals surface area contributed by atoms with Crippen LogP contribution in [0.1, 0.15) is 31.7 Å². The minimum atomic E-state index is -4.16. The summed E-state index contributed by atoms with van der Waals surface area (Å²) < 4.78 is 36.6. The van der Waals surface area contributed by atoms with Gasteiger partial charge < -0.3 is 24.0 Å². The summed E-state index contributed by atoms with van der Waals surface area (Å²) in [6.07, 6.45) is 2.89. The first kappa shape index (κ1) is 26.5. The molecule has 1 saturated carbocycles. The predicted molar refractivity (Wildman–Crippen MR) is 133 cm³/mol.